The van der Waals surface area contributed by atoms with E-state index in [2.05, 4.69) is 32.2 Å². The number of anilines is 2. The van der Waals surface area contributed by atoms with E-state index >= 15 is 0 Å². The van der Waals surface area contributed by atoms with Crippen LogP contribution in [0.1, 0.15) is 24.8 Å². The maximum atomic E-state index is 11.5. The van der Waals surface area contributed by atoms with Crippen LogP contribution in [-0.4, -0.2) is 25.0 Å². The van der Waals surface area contributed by atoms with Gasteiger partial charge in [-0.25, -0.2) is 0 Å². The van der Waals surface area contributed by atoms with Crippen molar-refractivity contribution >= 4 is 33.2 Å². The molecule has 1 aromatic carbocycles. The summed E-state index contributed by atoms with van der Waals surface area (Å²) in [6, 6.07) is 4.50. The van der Waals surface area contributed by atoms with Crippen molar-refractivity contribution in [1.82, 2.24) is 5.32 Å². The van der Waals surface area contributed by atoms with Crippen molar-refractivity contribution in [2.75, 3.05) is 23.7 Å². The monoisotopic (exact) mass is 337 g/mol. The van der Waals surface area contributed by atoms with Gasteiger partial charge in [0, 0.05) is 35.7 Å². The number of nitrogen functional groups attached to an aromatic ring is 1. The fourth-order valence-corrected chi connectivity index (χ4v) is 3.86. The molecule has 5 heteroatoms. The fraction of sp³-hybridized carbons (Fsp3) is 0.533. The largest absolute Gasteiger partial charge is 0.398 e. The second kappa shape index (κ2) is 5.28. The average molecular weight is 338 g/mol. The van der Waals surface area contributed by atoms with Gasteiger partial charge in [-0.1, -0.05) is 0 Å². The Morgan fingerprint density at radius 1 is 1.40 bits per heavy atom. The molecule has 1 aromatic rings. The van der Waals surface area contributed by atoms with Crippen LogP contribution < -0.4 is 16.0 Å². The van der Waals surface area contributed by atoms with Crippen LogP contribution in [0.2, 0.25) is 0 Å². The van der Waals surface area contributed by atoms with E-state index in [-0.39, 0.29) is 5.91 Å². The molecule has 2 aliphatic rings. The van der Waals surface area contributed by atoms with E-state index in [1.165, 1.54) is 5.69 Å². The minimum absolute atomic E-state index is 0.212. The molecule has 2 atom stereocenters. The molecule has 2 unspecified atom stereocenters. The van der Waals surface area contributed by atoms with E-state index in [0.717, 1.165) is 41.7 Å². The smallest absolute Gasteiger partial charge is 0.220 e. The van der Waals surface area contributed by atoms with Crippen LogP contribution in [-0.2, 0) is 4.79 Å². The third kappa shape index (κ3) is 2.51. The zero-order valence-corrected chi connectivity index (χ0v) is 13.2. The van der Waals surface area contributed by atoms with E-state index in [4.69, 9.17) is 5.73 Å². The number of rotatable bonds is 1. The molecular weight excluding hydrogens is 318 g/mol. The summed E-state index contributed by atoms with van der Waals surface area (Å²) < 4.78 is 1.05. The normalized spacial score (nSPS) is 26.1. The predicted molar refractivity (Wildman–Crippen MR) is 84.8 cm³/mol. The Bertz CT molecular complexity index is 546. The van der Waals surface area contributed by atoms with Crippen molar-refractivity contribution in [3.05, 3.63) is 22.2 Å². The number of hydrogen-bond acceptors (Lipinski definition) is 3. The second-order valence-corrected chi connectivity index (χ2v) is 6.72. The number of hydrogen-bond donors (Lipinski definition) is 2. The Morgan fingerprint density at radius 2 is 2.20 bits per heavy atom. The number of nitrogens with zero attached hydrogens (tertiary/aromatic N) is 1. The molecule has 0 aromatic heterocycles. The Balaban J connectivity index is 1.80. The summed E-state index contributed by atoms with van der Waals surface area (Å²) in [7, 11) is 0. The van der Waals surface area contributed by atoms with E-state index in [9.17, 15) is 4.79 Å². The molecule has 2 saturated heterocycles. The van der Waals surface area contributed by atoms with Crippen molar-refractivity contribution in [3.63, 3.8) is 0 Å². The van der Waals surface area contributed by atoms with Crippen molar-refractivity contribution in [2.24, 2.45) is 5.92 Å². The van der Waals surface area contributed by atoms with Crippen LogP contribution >= 0.6 is 15.9 Å². The van der Waals surface area contributed by atoms with Crippen LogP contribution in [0, 0.1) is 12.8 Å². The number of benzene rings is 1. The summed E-state index contributed by atoms with van der Waals surface area (Å²) >= 11 is 3.62. The van der Waals surface area contributed by atoms with Gasteiger partial charge in [0.2, 0.25) is 5.91 Å². The van der Waals surface area contributed by atoms with Crippen LogP contribution in [0.25, 0.3) is 0 Å². The summed E-state index contributed by atoms with van der Waals surface area (Å²) in [6.07, 6.45) is 2.68. The quantitative estimate of drug-likeness (QED) is 0.774. The van der Waals surface area contributed by atoms with Crippen molar-refractivity contribution in [2.45, 2.75) is 32.2 Å². The fourth-order valence-electron chi connectivity index (χ4n) is 3.25. The number of halogens is 1. The van der Waals surface area contributed by atoms with Crippen LogP contribution in [0.5, 0.6) is 0 Å². The number of piperidine rings is 2. The first-order valence-electron chi connectivity index (χ1n) is 7.14. The van der Waals surface area contributed by atoms with E-state index in [1.807, 2.05) is 13.0 Å². The molecule has 3 rings (SSSR count). The van der Waals surface area contributed by atoms with Gasteiger partial charge in [-0.2, -0.15) is 0 Å². The van der Waals surface area contributed by atoms with Gasteiger partial charge in [-0.15, -0.1) is 0 Å². The van der Waals surface area contributed by atoms with Crippen LogP contribution in [0.3, 0.4) is 0 Å². The highest BCUT2D eigenvalue weighted by Crippen LogP contribution is 2.35. The summed E-state index contributed by atoms with van der Waals surface area (Å²) in [5, 5.41) is 3.13. The van der Waals surface area contributed by atoms with Gasteiger partial charge in [0.15, 0.2) is 0 Å². The van der Waals surface area contributed by atoms with E-state index in [1.54, 1.807) is 0 Å². The van der Waals surface area contributed by atoms with Crippen LogP contribution in [0.4, 0.5) is 11.4 Å². The number of carbonyl (C=O) groups is 1. The van der Waals surface area contributed by atoms with E-state index in [0.29, 0.717) is 18.4 Å². The first-order chi connectivity index (χ1) is 9.54. The van der Waals surface area contributed by atoms with Gasteiger partial charge < -0.3 is 16.0 Å². The molecule has 0 bridgehead atoms. The summed E-state index contributed by atoms with van der Waals surface area (Å²) in [6.45, 7) is 4.02. The third-order valence-electron chi connectivity index (χ3n) is 4.50. The molecule has 2 heterocycles. The Morgan fingerprint density at radius 3 is 3.00 bits per heavy atom. The van der Waals surface area contributed by atoms with Crippen molar-refractivity contribution < 1.29 is 4.79 Å². The summed E-state index contributed by atoms with van der Waals surface area (Å²) in [5.41, 5.74) is 9.09. The van der Waals surface area contributed by atoms with Gasteiger partial charge in [-0.3, -0.25) is 4.79 Å². The van der Waals surface area contributed by atoms with Crippen molar-refractivity contribution in [3.8, 4) is 0 Å². The molecular formula is C15H20BrN3O. The predicted octanol–water partition coefficient (Wildman–Crippen LogP) is 2.44. The maximum Gasteiger partial charge on any atom is 0.220 e. The molecule has 0 spiro atoms. The molecule has 20 heavy (non-hydrogen) atoms. The number of nitrogens with two attached hydrogens (primary N) is 1. The lowest BCUT2D eigenvalue weighted by atomic mass is 9.85. The molecule has 1 amide bonds. The van der Waals surface area contributed by atoms with Gasteiger partial charge in [0.25, 0.3) is 0 Å². The Labute approximate surface area is 127 Å². The van der Waals surface area contributed by atoms with Crippen LogP contribution in [0.15, 0.2) is 16.6 Å². The number of amides is 1. The first-order valence-corrected chi connectivity index (χ1v) is 7.94. The number of nitrogens with one attached hydrogen (secondary N) is 1. The summed E-state index contributed by atoms with van der Waals surface area (Å²) in [5.74, 6) is 0.774. The highest BCUT2D eigenvalue weighted by atomic mass is 79.9. The lowest BCUT2D eigenvalue weighted by molar-refractivity contribution is -0.124. The topological polar surface area (TPSA) is 58.4 Å². The number of fused-ring (bicyclic) bond motifs is 1. The lowest BCUT2D eigenvalue weighted by Gasteiger charge is -2.42. The first kappa shape index (κ1) is 13.7. The molecule has 0 radical (unpaired) electrons. The third-order valence-corrected chi connectivity index (χ3v) is 5.13. The molecule has 0 saturated carbocycles. The minimum Gasteiger partial charge on any atom is -0.398 e. The van der Waals surface area contributed by atoms with Gasteiger partial charge in [0.05, 0.1) is 5.69 Å². The SMILES string of the molecule is Cc1cc(N2CCC3NC(=O)CCC3C2)c(Br)cc1N. The van der Waals surface area contributed by atoms with Gasteiger partial charge in [0.1, 0.15) is 0 Å². The molecule has 2 aliphatic heterocycles. The average Bonchev–Trinajstić information content (AvgIpc) is 2.42. The molecule has 2 fully saturated rings. The molecule has 108 valence electrons. The standard InChI is InChI=1S/C15H20BrN3O/c1-9-6-14(11(16)7-12(9)17)19-5-4-13-10(8-19)2-3-15(20)18-13/h6-7,10,13H,2-5,8,17H2,1H3,(H,18,20). The highest BCUT2D eigenvalue weighted by Gasteiger charge is 2.34. The molecule has 0 aliphatic carbocycles. The zero-order chi connectivity index (χ0) is 14.3. The Hall–Kier alpha value is -1.23. The molecule has 3 N–H and O–H groups in total. The number of carbonyl (C=O) groups excluding carboxylic acids is 1. The lowest BCUT2D eigenvalue weighted by Crippen LogP contribution is -2.54. The van der Waals surface area contributed by atoms with Gasteiger partial charge in [-0.05, 0) is 59.3 Å². The van der Waals surface area contributed by atoms with Gasteiger partial charge >= 0.3 is 0 Å². The number of aryl methyl sites for hydroxylation is 1. The molecule has 4 nitrogen and oxygen atoms in total. The second-order valence-electron chi connectivity index (χ2n) is 5.87. The summed E-state index contributed by atoms with van der Waals surface area (Å²) in [4.78, 5) is 13.9. The minimum atomic E-state index is 0.212. The Kier molecular flexibility index (Phi) is 3.63. The highest BCUT2D eigenvalue weighted by molar-refractivity contribution is 9.10. The van der Waals surface area contributed by atoms with Crippen molar-refractivity contribution in [1.29, 1.82) is 0 Å². The van der Waals surface area contributed by atoms with E-state index < -0.39 is 0 Å². The zero-order valence-electron chi connectivity index (χ0n) is 11.7. The maximum absolute atomic E-state index is 11.5.